The molecular formula is C17H28N2O. The van der Waals surface area contributed by atoms with Crippen LogP contribution in [0, 0.1) is 13.8 Å². The second kappa shape index (κ2) is 6.70. The van der Waals surface area contributed by atoms with Gasteiger partial charge in [-0.15, -0.1) is 0 Å². The van der Waals surface area contributed by atoms with E-state index in [1.54, 1.807) is 0 Å². The van der Waals surface area contributed by atoms with Crippen LogP contribution in [0.25, 0.3) is 0 Å². The van der Waals surface area contributed by atoms with E-state index in [0.717, 1.165) is 12.1 Å². The highest BCUT2D eigenvalue weighted by molar-refractivity contribution is 5.31. The minimum atomic E-state index is -0.397. The molecule has 0 spiro atoms. The average molecular weight is 276 g/mol. The molecule has 1 N–H and O–H groups in total. The van der Waals surface area contributed by atoms with Gasteiger partial charge in [-0.25, -0.2) is 0 Å². The molecule has 1 aliphatic rings. The number of likely N-dealkylation sites (N-methyl/N-ethyl adjacent to an activating group) is 2. The van der Waals surface area contributed by atoms with Crippen molar-refractivity contribution in [2.45, 2.75) is 38.8 Å². The Morgan fingerprint density at radius 1 is 1.35 bits per heavy atom. The van der Waals surface area contributed by atoms with E-state index in [2.05, 4.69) is 49.9 Å². The molecule has 1 aromatic rings. The summed E-state index contributed by atoms with van der Waals surface area (Å²) >= 11 is 0. The molecule has 0 radical (unpaired) electrons. The zero-order valence-corrected chi connectivity index (χ0v) is 13.3. The van der Waals surface area contributed by atoms with E-state index >= 15 is 0 Å². The number of nitrogens with zero attached hydrogens (tertiary/aromatic N) is 2. The van der Waals surface area contributed by atoms with Crippen molar-refractivity contribution >= 4 is 0 Å². The van der Waals surface area contributed by atoms with Gasteiger partial charge in [-0.1, -0.05) is 18.2 Å². The Morgan fingerprint density at radius 2 is 2.10 bits per heavy atom. The van der Waals surface area contributed by atoms with Crippen LogP contribution in [0.15, 0.2) is 18.2 Å². The molecule has 0 amide bonds. The Balaban J connectivity index is 1.89. The molecule has 0 aliphatic carbocycles. The zero-order chi connectivity index (χ0) is 14.7. The minimum absolute atomic E-state index is 0.397. The van der Waals surface area contributed by atoms with Crippen LogP contribution in [0.1, 0.15) is 35.6 Å². The van der Waals surface area contributed by atoms with Gasteiger partial charge in [0.1, 0.15) is 0 Å². The predicted octanol–water partition coefficient (Wildman–Crippen LogP) is 2.36. The Morgan fingerprint density at radius 3 is 2.70 bits per heavy atom. The third-order valence-corrected chi connectivity index (χ3v) is 4.59. The molecule has 1 heterocycles. The summed E-state index contributed by atoms with van der Waals surface area (Å²) < 4.78 is 0. The van der Waals surface area contributed by atoms with Crippen molar-refractivity contribution < 1.29 is 5.11 Å². The van der Waals surface area contributed by atoms with E-state index in [0.29, 0.717) is 12.6 Å². The van der Waals surface area contributed by atoms with Gasteiger partial charge in [0, 0.05) is 19.1 Å². The van der Waals surface area contributed by atoms with Crippen LogP contribution < -0.4 is 0 Å². The molecule has 0 aromatic heterocycles. The van der Waals surface area contributed by atoms with Gasteiger partial charge < -0.3 is 14.9 Å². The van der Waals surface area contributed by atoms with Gasteiger partial charge in [-0.2, -0.15) is 0 Å². The molecule has 0 saturated carbocycles. The normalized spacial score (nSPS) is 21.6. The summed E-state index contributed by atoms with van der Waals surface area (Å²) in [7, 11) is 4.31. The summed E-state index contributed by atoms with van der Waals surface area (Å²) in [6.07, 6.45) is 2.18. The number of aliphatic hydroxyl groups excluding tert-OH is 1. The lowest BCUT2D eigenvalue weighted by Gasteiger charge is -2.27. The first kappa shape index (κ1) is 15.5. The SMILES string of the molecule is Cc1ccc(C(O)CN(C)CC2CCCN2C)cc1C. The van der Waals surface area contributed by atoms with Gasteiger partial charge in [0.2, 0.25) is 0 Å². The maximum absolute atomic E-state index is 10.4. The number of aryl methyl sites for hydroxylation is 2. The summed E-state index contributed by atoms with van der Waals surface area (Å²) in [6, 6.07) is 6.89. The molecule has 1 fully saturated rings. The zero-order valence-electron chi connectivity index (χ0n) is 13.3. The van der Waals surface area contributed by atoms with Crippen LogP contribution in [0.3, 0.4) is 0 Å². The maximum atomic E-state index is 10.4. The summed E-state index contributed by atoms with van der Waals surface area (Å²) in [6.45, 7) is 7.15. The molecule has 2 unspecified atom stereocenters. The number of benzene rings is 1. The summed E-state index contributed by atoms with van der Waals surface area (Å²) in [5, 5.41) is 10.4. The van der Waals surface area contributed by atoms with Crippen molar-refractivity contribution in [3.8, 4) is 0 Å². The summed E-state index contributed by atoms with van der Waals surface area (Å²) in [4.78, 5) is 4.69. The largest absolute Gasteiger partial charge is 0.387 e. The quantitative estimate of drug-likeness (QED) is 0.894. The van der Waals surface area contributed by atoms with Gasteiger partial charge in [0.25, 0.3) is 0 Å². The molecule has 2 rings (SSSR count). The molecule has 1 saturated heterocycles. The Bertz CT molecular complexity index is 447. The van der Waals surface area contributed by atoms with E-state index in [-0.39, 0.29) is 0 Å². The number of rotatable bonds is 5. The fourth-order valence-electron chi connectivity index (χ4n) is 3.02. The van der Waals surface area contributed by atoms with Crippen LogP contribution in [0.2, 0.25) is 0 Å². The van der Waals surface area contributed by atoms with Gasteiger partial charge >= 0.3 is 0 Å². The van der Waals surface area contributed by atoms with Crippen LogP contribution >= 0.6 is 0 Å². The Labute approximate surface area is 123 Å². The lowest BCUT2D eigenvalue weighted by Crippen LogP contribution is -2.38. The molecule has 1 aromatic carbocycles. The van der Waals surface area contributed by atoms with Crippen molar-refractivity contribution in [2.75, 3.05) is 33.7 Å². The summed E-state index contributed by atoms with van der Waals surface area (Å²) in [5.74, 6) is 0. The highest BCUT2D eigenvalue weighted by Crippen LogP contribution is 2.20. The lowest BCUT2D eigenvalue weighted by molar-refractivity contribution is 0.113. The van der Waals surface area contributed by atoms with E-state index in [1.165, 1.54) is 30.5 Å². The Hall–Kier alpha value is -0.900. The van der Waals surface area contributed by atoms with Crippen molar-refractivity contribution in [3.63, 3.8) is 0 Å². The third kappa shape index (κ3) is 3.81. The van der Waals surface area contributed by atoms with E-state index < -0.39 is 6.10 Å². The number of hydrogen-bond acceptors (Lipinski definition) is 3. The van der Waals surface area contributed by atoms with Gasteiger partial charge in [-0.05, 0) is 64.0 Å². The van der Waals surface area contributed by atoms with Crippen molar-refractivity contribution in [3.05, 3.63) is 34.9 Å². The van der Waals surface area contributed by atoms with Crippen LogP contribution in [0.5, 0.6) is 0 Å². The van der Waals surface area contributed by atoms with Crippen LogP contribution in [-0.4, -0.2) is 54.7 Å². The smallest absolute Gasteiger partial charge is 0.0916 e. The second-order valence-corrected chi connectivity index (χ2v) is 6.36. The fraction of sp³-hybridized carbons (Fsp3) is 0.647. The van der Waals surface area contributed by atoms with Gasteiger partial charge in [0.15, 0.2) is 0 Å². The topological polar surface area (TPSA) is 26.7 Å². The molecule has 112 valence electrons. The molecule has 3 heteroatoms. The first-order valence-electron chi connectivity index (χ1n) is 7.61. The highest BCUT2D eigenvalue weighted by atomic mass is 16.3. The molecular weight excluding hydrogens is 248 g/mol. The number of likely N-dealkylation sites (tertiary alicyclic amines) is 1. The van der Waals surface area contributed by atoms with E-state index in [9.17, 15) is 5.11 Å². The van der Waals surface area contributed by atoms with Gasteiger partial charge in [0.05, 0.1) is 6.10 Å². The molecule has 1 aliphatic heterocycles. The van der Waals surface area contributed by atoms with Crippen molar-refractivity contribution in [1.82, 2.24) is 9.80 Å². The van der Waals surface area contributed by atoms with E-state index in [4.69, 9.17) is 0 Å². The number of aliphatic hydroxyl groups is 1. The lowest BCUT2D eigenvalue weighted by atomic mass is 10.0. The van der Waals surface area contributed by atoms with Crippen LogP contribution in [-0.2, 0) is 0 Å². The fourth-order valence-corrected chi connectivity index (χ4v) is 3.02. The summed E-state index contributed by atoms with van der Waals surface area (Å²) in [5.41, 5.74) is 3.56. The monoisotopic (exact) mass is 276 g/mol. The molecule has 2 atom stereocenters. The maximum Gasteiger partial charge on any atom is 0.0916 e. The predicted molar refractivity (Wildman–Crippen MR) is 84.0 cm³/mol. The first-order chi connectivity index (χ1) is 9.47. The minimum Gasteiger partial charge on any atom is -0.387 e. The highest BCUT2D eigenvalue weighted by Gasteiger charge is 2.23. The first-order valence-corrected chi connectivity index (χ1v) is 7.61. The van der Waals surface area contributed by atoms with Crippen LogP contribution in [0.4, 0.5) is 0 Å². The second-order valence-electron chi connectivity index (χ2n) is 6.36. The standard InChI is InChI=1S/C17H28N2O/c1-13-7-8-15(10-14(13)2)17(20)12-18(3)11-16-6-5-9-19(16)4/h7-8,10,16-17,20H,5-6,9,11-12H2,1-4H3. The molecule has 20 heavy (non-hydrogen) atoms. The van der Waals surface area contributed by atoms with Crippen molar-refractivity contribution in [2.24, 2.45) is 0 Å². The number of hydrogen-bond donors (Lipinski definition) is 1. The Kier molecular flexibility index (Phi) is 5.19. The molecule has 0 bridgehead atoms. The molecule has 3 nitrogen and oxygen atoms in total. The van der Waals surface area contributed by atoms with E-state index in [1.807, 2.05) is 6.07 Å². The van der Waals surface area contributed by atoms with Crippen molar-refractivity contribution in [1.29, 1.82) is 0 Å². The average Bonchev–Trinajstić information content (AvgIpc) is 2.78. The van der Waals surface area contributed by atoms with Gasteiger partial charge in [-0.3, -0.25) is 0 Å². The third-order valence-electron chi connectivity index (χ3n) is 4.59.